The molecule has 0 unspecified atom stereocenters. The molecule has 0 saturated carbocycles. The van der Waals surface area contributed by atoms with Crippen molar-refractivity contribution < 1.29 is 9.53 Å². The van der Waals surface area contributed by atoms with Gasteiger partial charge < -0.3 is 19.9 Å². The van der Waals surface area contributed by atoms with E-state index in [0.29, 0.717) is 13.2 Å². The number of anilines is 1. The zero-order valence-electron chi connectivity index (χ0n) is 15.1. The van der Waals surface area contributed by atoms with Crippen LogP contribution in [0.5, 0.6) is 5.75 Å². The van der Waals surface area contributed by atoms with Gasteiger partial charge in [0.05, 0.1) is 24.3 Å². The fourth-order valence-electron chi connectivity index (χ4n) is 3.33. The smallest absolute Gasteiger partial charge is 0.322 e. The first-order valence-electron chi connectivity index (χ1n) is 9.00. The molecule has 4 rings (SSSR count). The molecule has 2 N–H and O–H groups in total. The lowest BCUT2D eigenvalue weighted by molar-refractivity contribution is 0.191. The highest BCUT2D eigenvalue weighted by Crippen LogP contribution is 2.32. The van der Waals surface area contributed by atoms with Gasteiger partial charge in [-0.15, -0.1) is 0 Å². The van der Waals surface area contributed by atoms with Crippen molar-refractivity contribution >= 4 is 11.7 Å². The number of ether oxygens (including phenoxy) is 1. The van der Waals surface area contributed by atoms with Gasteiger partial charge in [-0.2, -0.15) is 0 Å². The number of nitrogens with one attached hydrogen (secondary N) is 2. The standard InChI is InChI=1S/C20H21N5O2/c1-2-27-15-8-6-14(7-9-15)24-20(26)25-12-10-16-18(23-13-22-16)19(25)17-5-3-4-11-21-17/h3-9,11,13,19H,2,10,12H2,1H3,(H,22,23)(H,24,26)/t19-/m0/s1. The molecular weight excluding hydrogens is 342 g/mol. The number of nitrogens with zero attached hydrogens (tertiary/aromatic N) is 3. The Labute approximate surface area is 157 Å². The third-order valence-electron chi connectivity index (χ3n) is 4.57. The second kappa shape index (κ2) is 7.49. The fourth-order valence-corrected chi connectivity index (χ4v) is 3.33. The van der Waals surface area contributed by atoms with Crippen molar-refractivity contribution in [3.63, 3.8) is 0 Å². The van der Waals surface area contributed by atoms with Crippen LogP contribution in [0.1, 0.15) is 30.0 Å². The Bertz CT molecular complexity index is 908. The summed E-state index contributed by atoms with van der Waals surface area (Å²) < 4.78 is 5.44. The molecule has 0 radical (unpaired) electrons. The highest BCUT2D eigenvalue weighted by atomic mass is 16.5. The minimum atomic E-state index is -0.316. The first kappa shape index (κ1) is 17.1. The molecule has 138 valence electrons. The molecule has 27 heavy (non-hydrogen) atoms. The van der Waals surface area contributed by atoms with E-state index in [1.807, 2.05) is 49.4 Å². The van der Waals surface area contributed by atoms with Crippen molar-refractivity contribution in [1.82, 2.24) is 19.9 Å². The topological polar surface area (TPSA) is 83.1 Å². The number of H-pyrrole nitrogens is 1. The number of urea groups is 1. The molecule has 0 bridgehead atoms. The summed E-state index contributed by atoms with van der Waals surface area (Å²) >= 11 is 0. The van der Waals surface area contributed by atoms with E-state index in [-0.39, 0.29) is 12.1 Å². The summed E-state index contributed by atoms with van der Waals surface area (Å²) in [5.41, 5.74) is 3.42. The van der Waals surface area contributed by atoms with Gasteiger partial charge in [-0.25, -0.2) is 9.78 Å². The first-order chi connectivity index (χ1) is 13.3. The highest BCUT2D eigenvalue weighted by Gasteiger charge is 2.34. The lowest BCUT2D eigenvalue weighted by atomic mass is 10.00. The number of fused-ring (bicyclic) bond motifs is 1. The van der Waals surface area contributed by atoms with Crippen molar-refractivity contribution in [2.45, 2.75) is 19.4 Å². The van der Waals surface area contributed by atoms with Gasteiger partial charge in [0.15, 0.2) is 0 Å². The number of aromatic amines is 1. The van der Waals surface area contributed by atoms with Crippen molar-refractivity contribution in [2.75, 3.05) is 18.5 Å². The molecule has 7 heteroatoms. The van der Waals surface area contributed by atoms with E-state index in [1.165, 1.54) is 0 Å². The second-order valence-electron chi connectivity index (χ2n) is 6.25. The Kier molecular flexibility index (Phi) is 4.74. The number of aromatic nitrogens is 3. The molecule has 2 amide bonds. The van der Waals surface area contributed by atoms with Crippen LogP contribution in [-0.4, -0.2) is 39.0 Å². The number of pyridine rings is 1. The highest BCUT2D eigenvalue weighted by molar-refractivity contribution is 5.90. The summed E-state index contributed by atoms with van der Waals surface area (Å²) in [6.07, 6.45) is 4.14. The second-order valence-corrected chi connectivity index (χ2v) is 6.25. The van der Waals surface area contributed by atoms with E-state index >= 15 is 0 Å². The normalized spacial score (nSPS) is 15.9. The predicted octanol–water partition coefficient (Wildman–Crippen LogP) is 3.38. The van der Waals surface area contributed by atoms with Gasteiger partial charge in [-0.05, 0) is 43.3 Å². The van der Waals surface area contributed by atoms with Gasteiger partial charge in [0.2, 0.25) is 0 Å². The predicted molar refractivity (Wildman–Crippen MR) is 102 cm³/mol. The lowest BCUT2D eigenvalue weighted by Gasteiger charge is -2.34. The summed E-state index contributed by atoms with van der Waals surface area (Å²) in [7, 11) is 0. The molecule has 0 fully saturated rings. The van der Waals surface area contributed by atoms with E-state index in [0.717, 1.165) is 34.9 Å². The largest absolute Gasteiger partial charge is 0.494 e. The zero-order valence-corrected chi connectivity index (χ0v) is 15.1. The van der Waals surface area contributed by atoms with Crippen LogP contribution in [-0.2, 0) is 6.42 Å². The molecule has 0 saturated heterocycles. The van der Waals surface area contributed by atoms with E-state index in [9.17, 15) is 4.79 Å². The monoisotopic (exact) mass is 363 g/mol. The number of hydrogen-bond acceptors (Lipinski definition) is 4. The fraction of sp³-hybridized carbons (Fsp3) is 0.250. The molecule has 0 aliphatic carbocycles. The van der Waals surface area contributed by atoms with Crippen LogP contribution < -0.4 is 10.1 Å². The quantitative estimate of drug-likeness (QED) is 0.744. The van der Waals surface area contributed by atoms with Gasteiger partial charge in [0.1, 0.15) is 11.8 Å². The van der Waals surface area contributed by atoms with Gasteiger partial charge >= 0.3 is 6.03 Å². The van der Waals surface area contributed by atoms with E-state index < -0.39 is 0 Å². The summed E-state index contributed by atoms with van der Waals surface area (Å²) in [6.45, 7) is 3.13. The molecule has 2 aromatic heterocycles. The van der Waals surface area contributed by atoms with Crippen LogP contribution in [0, 0.1) is 0 Å². The van der Waals surface area contributed by atoms with Crippen molar-refractivity contribution in [1.29, 1.82) is 0 Å². The summed E-state index contributed by atoms with van der Waals surface area (Å²) in [4.78, 5) is 26.9. The molecule has 1 aliphatic rings. The summed E-state index contributed by atoms with van der Waals surface area (Å²) in [6, 6.07) is 12.6. The Morgan fingerprint density at radius 3 is 2.85 bits per heavy atom. The number of benzene rings is 1. The molecule has 1 aromatic carbocycles. The SMILES string of the molecule is CCOc1ccc(NC(=O)N2CCc3[nH]cnc3[C@@H]2c2ccccn2)cc1. The number of hydrogen-bond donors (Lipinski definition) is 2. The number of carbonyl (C=O) groups is 1. The number of rotatable bonds is 4. The Balaban J connectivity index is 1.58. The van der Waals surface area contributed by atoms with Crippen molar-refractivity contribution in [2.24, 2.45) is 0 Å². The van der Waals surface area contributed by atoms with Gasteiger partial charge in [-0.3, -0.25) is 4.98 Å². The van der Waals surface area contributed by atoms with Crippen molar-refractivity contribution in [3.05, 3.63) is 72.1 Å². The minimum Gasteiger partial charge on any atom is -0.494 e. The van der Waals surface area contributed by atoms with Gasteiger partial charge in [0.25, 0.3) is 0 Å². The lowest BCUT2D eigenvalue weighted by Crippen LogP contribution is -2.43. The maximum absolute atomic E-state index is 13.0. The Morgan fingerprint density at radius 2 is 2.11 bits per heavy atom. The Morgan fingerprint density at radius 1 is 1.26 bits per heavy atom. The van der Waals surface area contributed by atoms with Crippen molar-refractivity contribution in [3.8, 4) is 5.75 Å². The van der Waals surface area contributed by atoms with Crippen LogP contribution in [0.2, 0.25) is 0 Å². The van der Waals surface area contributed by atoms with Crippen LogP contribution in [0.25, 0.3) is 0 Å². The number of imidazole rings is 1. The number of amides is 2. The maximum atomic E-state index is 13.0. The van der Waals surface area contributed by atoms with E-state index in [2.05, 4.69) is 20.3 Å². The average Bonchev–Trinajstić information content (AvgIpc) is 3.18. The van der Waals surface area contributed by atoms with Crippen LogP contribution in [0.3, 0.4) is 0 Å². The van der Waals surface area contributed by atoms with Crippen LogP contribution in [0.4, 0.5) is 10.5 Å². The summed E-state index contributed by atoms with van der Waals surface area (Å²) in [5.74, 6) is 0.779. The van der Waals surface area contributed by atoms with E-state index in [4.69, 9.17) is 4.74 Å². The van der Waals surface area contributed by atoms with Crippen LogP contribution in [0.15, 0.2) is 55.0 Å². The third kappa shape index (κ3) is 3.48. The molecule has 1 aliphatic heterocycles. The van der Waals surface area contributed by atoms with E-state index in [1.54, 1.807) is 17.4 Å². The molecule has 0 spiro atoms. The molecule has 3 heterocycles. The van der Waals surface area contributed by atoms with Gasteiger partial charge in [-0.1, -0.05) is 6.07 Å². The maximum Gasteiger partial charge on any atom is 0.322 e. The minimum absolute atomic E-state index is 0.177. The molecule has 1 atom stereocenters. The average molecular weight is 363 g/mol. The van der Waals surface area contributed by atoms with Crippen LogP contribution >= 0.6 is 0 Å². The Hall–Kier alpha value is -3.35. The first-order valence-corrected chi connectivity index (χ1v) is 9.00. The third-order valence-corrected chi connectivity index (χ3v) is 4.57. The molecule has 3 aromatic rings. The van der Waals surface area contributed by atoms with Gasteiger partial charge in [0, 0.05) is 30.5 Å². The molecule has 7 nitrogen and oxygen atoms in total. The summed E-state index contributed by atoms with van der Waals surface area (Å²) in [5, 5.41) is 2.97. The number of carbonyl (C=O) groups excluding carboxylic acids is 1. The molecular formula is C20H21N5O2. The zero-order chi connectivity index (χ0) is 18.6.